The Hall–Kier alpha value is -1.59. The molecular formula is C15H24N2O3. The molecule has 0 heterocycles. The van der Waals surface area contributed by atoms with E-state index >= 15 is 0 Å². The molecule has 0 fully saturated rings. The lowest BCUT2D eigenvalue weighted by atomic mass is 9.83. The smallest absolute Gasteiger partial charge is 0.221 e. The van der Waals surface area contributed by atoms with E-state index in [2.05, 4.69) is 13.8 Å². The van der Waals surface area contributed by atoms with Crippen molar-refractivity contribution in [2.24, 2.45) is 5.73 Å². The average Bonchev–Trinajstić information content (AvgIpc) is 2.33. The van der Waals surface area contributed by atoms with Crippen LogP contribution in [0.5, 0.6) is 0 Å². The maximum Gasteiger partial charge on any atom is 0.221 e. The molecule has 112 valence electrons. The standard InChI is InChI=1S/C15H24N2O3/c1-15(2,10-20-7-6-19-3)12-5-4-11(8-13(12)16)9-14(17)18/h4-5,8H,6-7,9-10,16H2,1-3H3,(H2,17,18). The van der Waals surface area contributed by atoms with Crippen LogP contribution in [0, 0.1) is 0 Å². The van der Waals surface area contributed by atoms with Gasteiger partial charge in [-0.05, 0) is 17.2 Å². The van der Waals surface area contributed by atoms with Crippen molar-refractivity contribution < 1.29 is 14.3 Å². The summed E-state index contributed by atoms with van der Waals surface area (Å²) in [6.45, 7) is 5.82. The summed E-state index contributed by atoms with van der Waals surface area (Å²) in [6, 6.07) is 5.62. The van der Waals surface area contributed by atoms with E-state index in [-0.39, 0.29) is 17.7 Å². The molecule has 1 aromatic rings. The van der Waals surface area contributed by atoms with Crippen LogP contribution in [0.1, 0.15) is 25.0 Å². The summed E-state index contributed by atoms with van der Waals surface area (Å²) in [6.07, 6.45) is 0.204. The first-order valence-electron chi connectivity index (χ1n) is 6.60. The Bertz CT molecular complexity index is 458. The predicted molar refractivity (Wildman–Crippen MR) is 79.5 cm³/mol. The molecule has 0 aliphatic heterocycles. The molecule has 0 atom stereocenters. The summed E-state index contributed by atoms with van der Waals surface area (Å²) in [5.41, 5.74) is 13.5. The first kappa shape index (κ1) is 16.5. The Morgan fingerprint density at radius 2 is 2.00 bits per heavy atom. The number of benzene rings is 1. The lowest BCUT2D eigenvalue weighted by Gasteiger charge is -2.27. The number of rotatable bonds is 8. The summed E-state index contributed by atoms with van der Waals surface area (Å²) in [5.74, 6) is -0.362. The Morgan fingerprint density at radius 1 is 1.30 bits per heavy atom. The second-order valence-electron chi connectivity index (χ2n) is 5.49. The second-order valence-corrected chi connectivity index (χ2v) is 5.49. The molecule has 1 aromatic carbocycles. The highest BCUT2D eigenvalue weighted by Crippen LogP contribution is 2.29. The van der Waals surface area contributed by atoms with E-state index in [1.54, 1.807) is 13.2 Å². The number of hydrogen-bond donors (Lipinski definition) is 2. The normalized spacial score (nSPS) is 11.6. The fourth-order valence-electron chi connectivity index (χ4n) is 2.09. The van der Waals surface area contributed by atoms with Gasteiger partial charge in [-0.2, -0.15) is 0 Å². The Balaban J connectivity index is 2.76. The van der Waals surface area contributed by atoms with Gasteiger partial charge in [0.1, 0.15) is 0 Å². The van der Waals surface area contributed by atoms with Crippen LogP contribution in [0.2, 0.25) is 0 Å². The van der Waals surface area contributed by atoms with Crippen molar-refractivity contribution in [2.75, 3.05) is 32.7 Å². The lowest BCUT2D eigenvalue weighted by molar-refractivity contribution is -0.117. The number of carbonyl (C=O) groups excluding carboxylic acids is 1. The average molecular weight is 280 g/mol. The van der Waals surface area contributed by atoms with Crippen LogP contribution in [0.15, 0.2) is 18.2 Å². The predicted octanol–water partition coefficient (Wildman–Crippen LogP) is 1.24. The number of methoxy groups -OCH3 is 1. The highest BCUT2D eigenvalue weighted by Gasteiger charge is 2.23. The summed E-state index contributed by atoms with van der Waals surface area (Å²) < 4.78 is 10.5. The van der Waals surface area contributed by atoms with Crippen LogP contribution >= 0.6 is 0 Å². The topological polar surface area (TPSA) is 87.6 Å². The summed E-state index contributed by atoms with van der Waals surface area (Å²) >= 11 is 0. The molecule has 1 rings (SSSR count). The zero-order chi connectivity index (χ0) is 15.2. The van der Waals surface area contributed by atoms with Crippen molar-refractivity contribution in [3.05, 3.63) is 29.3 Å². The van der Waals surface area contributed by atoms with Crippen LogP contribution in [-0.2, 0) is 26.1 Å². The van der Waals surface area contributed by atoms with Crippen molar-refractivity contribution in [2.45, 2.75) is 25.7 Å². The van der Waals surface area contributed by atoms with Gasteiger partial charge < -0.3 is 20.9 Å². The SMILES string of the molecule is COCCOCC(C)(C)c1ccc(CC(N)=O)cc1N. The van der Waals surface area contributed by atoms with Crippen molar-refractivity contribution >= 4 is 11.6 Å². The van der Waals surface area contributed by atoms with Gasteiger partial charge in [0.05, 0.1) is 26.2 Å². The Morgan fingerprint density at radius 3 is 2.55 bits per heavy atom. The van der Waals surface area contributed by atoms with E-state index in [1.807, 2.05) is 12.1 Å². The monoisotopic (exact) mass is 280 g/mol. The molecular weight excluding hydrogens is 256 g/mol. The first-order valence-corrected chi connectivity index (χ1v) is 6.60. The minimum atomic E-state index is -0.362. The largest absolute Gasteiger partial charge is 0.398 e. The maximum atomic E-state index is 10.9. The number of primary amides is 1. The third-order valence-electron chi connectivity index (χ3n) is 3.12. The third-order valence-corrected chi connectivity index (χ3v) is 3.12. The molecule has 20 heavy (non-hydrogen) atoms. The highest BCUT2D eigenvalue weighted by molar-refractivity contribution is 5.77. The summed E-state index contributed by atoms with van der Waals surface area (Å²) in [4.78, 5) is 10.9. The van der Waals surface area contributed by atoms with Gasteiger partial charge in [-0.15, -0.1) is 0 Å². The van der Waals surface area contributed by atoms with Gasteiger partial charge in [-0.1, -0.05) is 26.0 Å². The van der Waals surface area contributed by atoms with Gasteiger partial charge in [-0.25, -0.2) is 0 Å². The third kappa shape index (κ3) is 4.83. The van der Waals surface area contributed by atoms with Gasteiger partial charge in [0.15, 0.2) is 0 Å². The van der Waals surface area contributed by atoms with E-state index in [0.29, 0.717) is 25.5 Å². The number of hydrogen-bond acceptors (Lipinski definition) is 4. The van der Waals surface area contributed by atoms with Gasteiger partial charge >= 0.3 is 0 Å². The molecule has 5 nitrogen and oxygen atoms in total. The van der Waals surface area contributed by atoms with E-state index in [0.717, 1.165) is 11.1 Å². The molecule has 5 heteroatoms. The van der Waals surface area contributed by atoms with Gasteiger partial charge in [-0.3, -0.25) is 4.79 Å². The molecule has 0 radical (unpaired) electrons. The lowest BCUT2D eigenvalue weighted by Crippen LogP contribution is -2.26. The van der Waals surface area contributed by atoms with Crippen molar-refractivity contribution in [1.29, 1.82) is 0 Å². The van der Waals surface area contributed by atoms with Crippen molar-refractivity contribution in [3.63, 3.8) is 0 Å². The van der Waals surface area contributed by atoms with Crippen LogP contribution in [-0.4, -0.2) is 32.8 Å². The Kier molecular flexibility index (Phi) is 5.98. The molecule has 0 saturated carbocycles. The molecule has 0 saturated heterocycles. The zero-order valence-electron chi connectivity index (χ0n) is 12.4. The molecule has 4 N–H and O–H groups in total. The van der Waals surface area contributed by atoms with E-state index in [1.165, 1.54) is 0 Å². The number of nitrogen functional groups attached to an aromatic ring is 1. The van der Waals surface area contributed by atoms with E-state index in [9.17, 15) is 4.79 Å². The Labute approximate surface area is 120 Å². The number of nitrogens with two attached hydrogens (primary N) is 2. The number of carbonyl (C=O) groups is 1. The molecule has 0 aliphatic carbocycles. The number of ether oxygens (including phenoxy) is 2. The van der Waals surface area contributed by atoms with Gasteiger partial charge in [0, 0.05) is 18.2 Å². The van der Waals surface area contributed by atoms with Crippen molar-refractivity contribution in [3.8, 4) is 0 Å². The highest BCUT2D eigenvalue weighted by atomic mass is 16.5. The quantitative estimate of drug-likeness (QED) is 0.554. The molecule has 0 spiro atoms. The molecule has 0 bridgehead atoms. The minimum Gasteiger partial charge on any atom is -0.398 e. The van der Waals surface area contributed by atoms with Crippen LogP contribution in [0.4, 0.5) is 5.69 Å². The number of anilines is 1. The zero-order valence-corrected chi connectivity index (χ0v) is 12.4. The molecule has 0 aliphatic rings. The first-order chi connectivity index (χ1) is 9.36. The number of amides is 1. The molecule has 0 unspecified atom stereocenters. The fourth-order valence-corrected chi connectivity index (χ4v) is 2.09. The molecule has 1 amide bonds. The van der Waals surface area contributed by atoms with Gasteiger partial charge in [0.25, 0.3) is 0 Å². The summed E-state index contributed by atoms with van der Waals surface area (Å²) in [5, 5.41) is 0. The fraction of sp³-hybridized carbons (Fsp3) is 0.533. The second kappa shape index (κ2) is 7.26. The van der Waals surface area contributed by atoms with Crippen LogP contribution in [0.25, 0.3) is 0 Å². The van der Waals surface area contributed by atoms with Crippen molar-refractivity contribution in [1.82, 2.24) is 0 Å². The van der Waals surface area contributed by atoms with Crippen LogP contribution < -0.4 is 11.5 Å². The van der Waals surface area contributed by atoms with E-state index in [4.69, 9.17) is 20.9 Å². The minimum absolute atomic E-state index is 0.204. The van der Waals surface area contributed by atoms with Crippen LogP contribution in [0.3, 0.4) is 0 Å². The van der Waals surface area contributed by atoms with Gasteiger partial charge in [0.2, 0.25) is 5.91 Å². The van der Waals surface area contributed by atoms with E-state index < -0.39 is 0 Å². The maximum absolute atomic E-state index is 10.9. The summed E-state index contributed by atoms with van der Waals surface area (Å²) in [7, 11) is 1.64. The molecule has 0 aromatic heterocycles.